The van der Waals surface area contributed by atoms with Gasteiger partial charge in [-0.1, -0.05) is 29.4 Å². The van der Waals surface area contributed by atoms with Crippen molar-refractivity contribution in [2.45, 2.75) is 120 Å². The van der Waals surface area contributed by atoms with E-state index < -0.39 is 92.9 Å². The molecule has 306 valence electrons. The molecule has 0 aromatic heterocycles. The molecule has 0 saturated carbocycles. The smallest absolute Gasteiger partial charge is 0.229 e. The van der Waals surface area contributed by atoms with Gasteiger partial charge in [-0.15, -0.1) is 0 Å². The van der Waals surface area contributed by atoms with Gasteiger partial charge in [0.05, 0.1) is 25.9 Å². The number of fused-ring (bicyclic) bond motifs is 1. The number of phenolic OH excluding ortho intramolecular Hbond substituents is 1. The number of hydrogen-bond donors (Lipinski definition) is 11. The topological polar surface area (TPSA) is 278 Å². The van der Waals surface area contributed by atoms with Gasteiger partial charge in [-0.05, 0) is 58.2 Å². The molecule has 17 nitrogen and oxygen atoms in total. The molecule has 17 heteroatoms. The molecule has 0 aliphatic carbocycles. The zero-order valence-electron chi connectivity index (χ0n) is 31.1. The van der Waals surface area contributed by atoms with E-state index >= 15 is 0 Å². The van der Waals surface area contributed by atoms with E-state index in [1.807, 2.05) is 13.8 Å². The van der Waals surface area contributed by atoms with Gasteiger partial charge in [-0.25, -0.2) is 0 Å². The fraction of sp³-hybridized carbons (Fsp3) is 0.579. The van der Waals surface area contributed by atoms with Crippen molar-refractivity contribution >= 4 is 0 Å². The van der Waals surface area contributed by atoms with E-state index in [0.29, 0.717) is 0 Å². The lowest BCUT2D eigenvalue weighted by molar-refractivity contribution is -0.279. The molecule has 2 aromatic rings. The van der Waals surface area contributed by atoms with Gasteiger partial charge in [0.15, 0.2) is 17.6 Å². The molecular formula is C38H52O17. The Morgan fingerprint density at radius 3 is 1.67 bits per heavy atom. The number of ether oxygens (including phenoxy) is 6. The van der Waals surface area contributed by atoms with Crippen LogP contribution in [-0.2, 0) is 22.3 Å². The Balaban J connectivity index is 1.81. The van der Waals surface area contributed by atoms with Crippen LogP contribution in [0.25, 0.3) is 0 Å². The second-order valence-corrected chi connectivity index (χ2v) is 14.4. The third kappa shape index (κ3) is 8.58. The first kappa shape index (κ1) is 42.6. The van der Waals surface area contributed by atoms with E-state index in [0.717, 1.165) is 11.1 Å². The summed E-state index contributed by atoms with van der Waals surface area (Å²) < 4.78 is 35.9. The molecule has 3 aliphatic heterocycles. The SMILES string of the molecule is COc1cc(C2Oc3c(CC=C(C)C)c(O[C@@H]4O[C@H](CO)[C@@H](O)[C@H](O)[C@H]4O)c(CC=C(C)C)c(O[C@@H]4O[C@H](CO)[C@@H](O)[C@H](O)[C@H]4O)c3C(O)C2O)ccc1O. The minimum Gasteiger partial charge on any atom is -0.504 e. The van der Waals surface area contributed by atoms with Gasteiger partial charge in [0.1, 0.15) is 78.3 Å². The van der Waals surface area contributed by atoms with Crippen molar-refractivity contribution in [3.8, 4) is 28.7 Å². The van der Waals surface area contributed by atoms with E-state index in [4.69, 9.17) is 28.4 Å². The minimum absolute atomic E-state index is 0.0357. The maximum absolute atomic E-state index is 12.1. The highest BCUT2D eigenvalue weighted by atomic mass is 16.7. The number of hydrogen-bond acceptors (Lipinski definition) is 17. The molecule has 0 radical (unpaired) electrons. The van der Waals surface area contributed by atoms with Crippen LogP contribution in [0.4, 0.5) is 0 Å². The summed E-state index contributed by atoms with van der Waals surface area (Å²) in [6, 6.07) is 4.19. The van der Waals surface area contributed by atoms with Gasteiger partial charge in [0, 0.05) is 11.1 Å². The van der Waals surface area contributed by atoms with Gasteiger partial charge in [-0.3, -0.25) is 0 Å². The number of aliphatic hydroxyl groups excluding tert-OH is 10. The third-order valence-electron chi connectivity index (χ3n) is 9.89. The Kier molecular flexibility index (Phi) is 13.7. The average Bonchev–Trinajstić information content (AvgIpc) is 3.15. The maximum atomic E-state index is 12.1. The molecule has 5 rings (SSSR count). The van der Waals surface area contributed by atoms with Crippen LogP contribution in [0.15, 0.2) is 41.5 Å². The molecule has 11 N–H and O–H groups in total. The number of phenols is 1. The summed E-state index contributed by atoms with van der Waals surface area (Å²) in [5, 5.41) is 118. The standard InChI is InChI=1S/C38H52O17/c1-15(2)6-9-18-34(54-37-31(48)28(45)25(42)22(13-39)51-37)19(10-7-16(3)4)36(55-38-32(49)29(46)26(43)23(14-40)52-38)24-27(44)30(47)33(53-35(18)24)17-8-11-20(41)21(12-17)50-5/h6-8,11-12,22-23,25-33,37-49H,9-10,13-14H2,1-5H3/t22-,23-,25-,26-,27?,28+,29+,30?,31-,32-,33?,37+,38+/m1/s1. The molecule has 13 atom stereocenters. The van der Waals surface area contributed by atoms with Gasteiger partial charge < -0.3 is 84.6 Å². The van der Waals surface area contributed by atoms with Gasteiger partial charge in [0.25, 0.3) is 0 Å². The number of aliphatic hydroxyl groups is 10. The molecule has 0 spiro atoms. The fourth-order valence-corrected chi connectivity index (χ4v) is 6.71. The Morgan fingerprint density at radius 2 is 1.18 bits per heavy atom. The molecule has 3 unspecified atom stereocenters. The van der Waals surface area contributed by atoms with Crippen LogP contribution < -0.4 is 18.9 Å². The normalized spacial score (nSPS) is 33.2. The minimum atomic E-state index is -1.91. The lowest BCUT2D eigenvalue weighted by Crippen LogP contribution is -2.60. The quantitative estimate of drug-likeness (QED) is 0.119. The Morgan fingerprint density at radius 1 is 0.673 bits per heavy atom. The second kappa shape index (κ2) is 17.7. The molecule has 0 bridgehead atoms. The van der Waals surface area contributed by atoms with Gasteiger partial charge >= 0.3 is 0 Å². The summed E-state index contributed by atoms with van der Waals surface area (Å²) in [7, 11) is 1.33. The van der Waals surface area contributed by atoms with Crippen molar-refractivity contribution in [2.24, 2.45) is 0 Å². The highest BCUT2D eigenvalue weighted by Gasteiger charge is 2.49. The first-order valence-electron chi connectivity index (χ1n) is 17.9. The monoisotopic (exact) mass is 780 g/mol. The summed E-state index contributed by atoms with van der Waals surface area (Å²) in [6.45, 7) is 5.74. The Hall–Kier alpha value is -3.56. The van der Waals surface area contributed by atoms with Crippen LogP contribution in [0, 0.1) is 0 Å². The number of rotatable bonds is 12. The number of aromatic hydroxyl groups is 1. The lowest BCUT2D eigenvalue weighted by Gasteiger charge is -2.43. The largest absolute Gasteiger partial charge is 0.504 e. The summed E-state index contributed by atoms with van der Waals surface area (Å²) >= 11 is 0. The van der Waals surface area contributed by atoms with Crippen molar-refractivity contribution in [1.29, 1.82) is 0 Å². The zero-order chi connectivity index (χ0) is 40.5. The predicted molar refractivity (Wildman–Crippen MR) is 190 cm³/mol. The zero-order valence-corrected chi connectivity index (χ0v) is 31.1. The van der Waals surface area contributed by atoms with E-state index in [2.05, 4.69) is 0 Å². The molecule has 0 amide bonds. The van der Waals surface area contributed by atoms with Crippen LogP contribution in [0.1, 0.15) is 62.2 Å². The van der Waals surface area contributed by atoms with Crippen molar-refractivity contribution in [3.05, 3.63) is 63.8 Å². The van der Waals surface area contributed by atoms with Crippen LogP contribution in [0.3, 0.4) is 0 Å². The van der Waals surface area contributed by atoms with Crippen molar-refractivity contribution in [2.75, 3.05) is 20.3 Å². The van der Waals surface area contributed by atoms with Gasteiger partial charge in [0.2, 0.25) is 12.6 Å². The summed E-state index contributed by atoms with van der Waals surface area (Å²) in [5.41, 5.74) is 2.14. The number of benzene rings is 2. The van der Waals surface area contributed by atoms with Crippen LogP contribution in [0.5, 0.6) is 28.7 Å². The number of allylic oxidation sites excluding steroid dienone is 4. The van der Waals surface area contributed by atoms with Gasteiger partial charge in [-0.2, -0.15) is 0 Å². The van der Waals surface area contributed by atoms with Crippen LogP contribution in [0.2, 0.25) is 0 Å². The lowest BCUT2D eigenvalue weighted by atomic mass is 9.86. The van der Waals surface area contributed by atoms with E-state index in [1.54, 1.807) is 26.0 Å². The molecule has 2 fully saturated rings. The molecule has 2 saturated heterocycles. The van der Waals surface area contributed by atoms with E-state index in [-0.39, 0.29) is 63.8 Å². The van der Waals surface area contributed by atoms with Crippen molar-refractivity contribution in [3.63, 3.8) is 0 Å². The average molecular weight is 781 g/mol. The molecule has 3 heterocycles. The summed E-state index contributed by atoms with van der Waals surface area (Å²) in [4.78, 5) is 0. The van der Waals surface area contributed by atoms with Crippen LogP contribution >= 0.6 is 0 Å². The summed E-state index contributed by atoms with van der Waals surface area (Å²) in [6.07, 6.45) is -18.4. The summed E-state index contributed by atoms with van der Waals surface area (Å²) in [5.74, 6) is -0.591. The Bertz CT molecular complexity index is 1700. The predicted octanol–water partition coefficient (Wildman–Crippen LogP) is -0.696. The first-order valence-corrected chi connectivity index (χ1v) is 17.9. The van der Waals surface area contributed by atoms with Crippen molar-refractivity contribution in [1.82, 2.24) is 0 Å². The third-order valence-corrected chi connectivity index (χ3v) is 9.89. The van der Waals surface area contributed by atoms with E-state index in [1.165, 1.54) is 25.3 Å². The second-order valence-electron chi connectivity index (χ2n) is 14.4. The van der Waals surface area contributed by atoms with Crippen molar-refractivity contribution < 1.29 is 84.6 Å². The Labute approximate surface area is 317 Å². The fourth-order valence-electron chi connectivity index (χ4n) is 6.71. The highest BCUT2D eigenvalue weighted by Crippen LogP contribution is 2.54. The van der Waals surface area contributed by atoms with E-state index in [9.17, 15) is 56.2 Å². The molecule has 2 aromatic carbocycles. The molecule has 55 heavy (non-hydrogen) atoms. The van der Waals surface area contributed by atoms with Crippen LogP contribution in [-0.4, -0.2) is 144 Å². The maximum Gasteiger partial charge on any atom is 0.229 e. The highest BCUT2D eigenvalue weighted by molar-refractivity contribution is 5.66. The number of methoxy groups -OCH3 is 1. The molecular weight excluding hydrogens is 728 g/mol. The molecule has 3 aliphatic rings. The first-order chi connectivity index (χ1) is 26.0.